The van der Waals surface area contributed by atoms with Gasteiger partial charge in [-0.1, -0.05) is 0 Å². The van der Waals surface area contributed by atoms with Crippen LogP contribution in [-0.2, 0) is 4.74 Å². The second-order valence-corrected chi connectivity index (χ2v) is 3.30. The molecule has 66 valence electrons. The van der Waals surface area contributed by atoms with Crippen molar-refractivity contribution in [3.8, 4) is 0 Å². The molecule has 0 aromatic carbocycles. The monoisotopic (exact) mass is 160 g/mol. The van der Waals surface area contributed by atoms with E-state index in [-0.39, 0.29) is 6.23 Å². The van der Waals surface area contributed by atoms with E-state index in [1.165, 1.54) is 0 Å². The number of methoxy groups -OCH3 is 1. The van der Waals surface area contributed by atoms with Crippen molar-refractivity contribution < 1.29 is 14.3 Å². The van der Waals surface area contributed by atoms with E-state index in [2.05, 4.69) is 6.92 Å². The highest BCUT2D eigenvalue weighted by Gasteiger charge is 2.38. The molecule has 1 aliphatic heterocycles. The number of nitrogens with zero attached hydrogens (tertiary/aromatic N) is 1. The zero-order valence-corrected chi connectivity index (χ0v) is 7.42. The summed E-state index contributed by atoms with van der Waals surface area (Å²) < 4.78 is 5.84. The molecule has 3 nitrogen and oxygen atoms in total. The van der Waals surface area contributed by atoms with Crippen molar-refractivity contribution in [3.63, 3.8) is 0 Å². The van der Waals surface area contributed by atoms with Gasteiger partial charge in [-0.25, -0.2) is 0 Å². The van der Waals surface area contributed by atoms with Gasteiger partial charge in [0.1, 0.15) is 0 Å². The van der Waals surface area contributed by atoms with E-state index in [4.69, 9.17) is 4.74 Å². The molecule has 1 N–H and O–H groups in total. The van der Waals surface area contributed by atoms with E-state index in [0.717, 1.165) is 30.4 Å². The summed E-state index contributed by atoms with van der Waals surface area (Å²) in [5.41, 5.74) is 0. The second-order valence-electron chi connectivity index (χ2n) is 3.30. The number of rotatable bonds is 3. The zero-order chi connectivity index (χ0) is 8.32. The van der Waals surface area contributed by atoms with E-state index in [9.17, 15) is 5.11 Å². The molecular weight excluding hydrogens is 142 g/mol. The first-order chi connectivity index (χ1) is 5.25. The van der Waals surface area contributed by atoms with Crippen LogP contribution in [0.25, 0.3) is 0 Å². The molecule has 11 heavy (non-hydrogen) atoms. The van der Waals surface area contributed by atoms with Crippen LogP contribution >= 0.6 is 0 Å². The third-order valence-electron chi connectivity index (χ3n) is 2.71. The number of likely N-dealkylation sites (tertiary alicyclic amines) is 1. The van der Waals surface area contributed by atoms with Crippen molar-refractivity contribution in [3.05, 3.63) is 0 Å². The molecule has 0 aliphatic carbocycles. The summed E-state index contributed by atoms with van der Waals surface area (Å²) in [6.45, 7) is 4.78. The number of hydrogen-bond donors (Lipinski definition) is 1. The maximum Gasteiger partial charge on any atom is 0.192 e. The van der Waals surface area contributed by atoms with Crippen molar-refractivity contribution in [1.82, 2.24) is 0 Å². The Kier molecular flexibility index (Phi) is 2.87. The normalized spacial score (nSPS) is 37.9. The first-order valence-electron chi connectivity index (χ1n) is 4.28. The minimum absolute atomic E-state index is 0.194. The summed E-state index contributed by atoms with van der Waals surface area (Å²) in [5.74, 6) is 0. The molecule has 1 heterocycles. The fourth-order valence-corrected chi connectivity index (χ4v) is 1.88. The molecular formula is C8H18NO2+. The van der Waals surface area contributed by atoms with Gasteiger partial charge in [-0.2, -0.15) is 0 Å². The van der Waals surface area contributed by atoms with Crippen LogP contribution in [0.3, 0.4) is 0 Å². The lowest BCUT2D eigenvalue weighted by Gasteiger charge is -2.35. The molecule has 2 unspecified atom stereocenters. The summed E-state index contributed by atoms with van der Waals surface area (Å²) in [4.78, 5) is 0. The third kappa shape index (κ3) is 1.55. The van der Waals surface area contributed by atoms with Gasteiger partial charge in [-0.3, -0.25) is 4.48 Å². The third-order valence-corrected chi connectivity index (χ3v) is 2.71. The van der Waals surface area contributed by atoms with Gasteiger partial charge in [0.2, 0.25) is 0 Å². The van der Waals surface area contributed by atoms with Gasteiger partial charge >= 0.3 is 0 Å². The van der Waals surface area contributed by atoms with Crippen LogP contribution in [0.2, 0.25) is 0 Å². The first kappa shape index (κ1) is 8.97. The van der Waals surface area contributed by atoms with Crippen molar-refractivity contribution in [1.29, 1.82) is 0 Å². The molecule has 0 spiro atoms. The molecule has 0 aromatic heterocycles. The zero-order valence-electron chi connectivity index (χ0n) is 7.42. The molecule has 1 fully saturated rings. The summed E-state index contributed by atoms with van der Waals surface area (Å²) in [6.07, 6.45) is 1.86. The van der Waals surface area contributed by atoms with E-state index < -0.39 is 0 Å². The van der Waals surface area contributed by atoms with Gasteiger partial charge in [-0.15, -0.1) is 0 Å². The molecule has 0 aromatic rings. The Labute approximate surface area is 68.2 Å². The largest absolute Gasteiger partial charge is 0.345 e. The standard InChI is InChI=1S/C8H18NO2/c1-3-9(7-11-2)6-4-5-8(9)10/h8,10H,3-7H2,1-2H3/q+1. The average Bonchev–Trinajstić information content (AvgIpc) is 2.35. The number of ether oxygens (including phenoxy) is 1. The van der Waals surface area contributed by atoms with Crippen molar-refractivity contribution >= 4 is 0 Å². The van der Waals surface area contributed by atoms with Gasteiger partial charge in [0.15, 0.2) is 13.0 Å². The van der Waals surface area contributed by atoms with Gasteiger partial charge in [0, 0.05) is 20.0 Å². The minimum atomic E-state index is -0.194. The Morgan fingerprint density at radius 1 is 1.64 bits per heavy atom. The van der Waals surface area contributed by atoms with Crippen LogP contribution in [0.1, 0.15) is 19.8 Å². The number of hydrogen-bond acceptors (Lipinski definition) is 2. The lowest BCUT2D eigenvalue weighted by atomic mass is 10.4. The molecule has 1 aliphatic rings. The second kappa shape index (κ2) is 3.52. The van der Waals surface area contributed by atoms with E-state index in [0.29, 0.717) is 6.73 Å². The van der Waals surface area contributed by atoms with Gasteiger partial charge in [0.05, 0.1) is 13.1 Å². The molecule has 1 saturated heterocycles. The van der Waals surface area contributed by atoms with Crippen LogP contribution in [-0.4, -0.2) is 42.7 Å². The lowest BCUT2D eigenvalue weighted by molar-refractivity contribution is -0.973. The Morgan fingerprint density at radius 3 is 2.73 bits per heavy atom. The molecule has 0 bridgehead atoms. The summed E-state index contributed by atoms with van der Waals surface area (Å²) in [6, 6.07) is 0. The van der Waals surface area contributed by atoms with Gasteiger partial charge < -0.3 is 9.84 Å². The van der Waals surface area contributed by atoms with Gasteiger partial charge in [-0.05, 0) is 6.92 Å². The first-order valence-corrected chi connectivity index (χ1v) is 4.28. The van der Waals surface area contributed by atoms with E-state index >= 15 is 0 Å². The Bertz CT molecular complexity index is 129. The lowest BCUT2D eigenvalue weighted by Crippen LogP contribution is -2.52. The minimum Gasteiger partial charge on any atom is -0.345 e. The average molecular weight is 160 g/mol. The molecule has 2 atom stereocenters. The topological polar surface area (TPSA) is 29.5 Å². The SMILES string of the molecule is CC[N+]1(COC)CCCC1O. The fourth-order valence-electron chi connectivity index (χ4n) is 1.88. The number of aliphatic hydroxyl groups excluding tert-OH is 1. The van der Waals surface area contributed by atoms with Crippen LogP contribution < -0.4 is 0 Å². The highest BCUT2D eigenvalue weighted by Crippen LogP contribution is 2.24. The Hall–Kier alpha value is -0.120. The predicted octanol–water partition coefficient (Wildman–Crippen LogP) is 0.539. The van der Waals surface area contributed by atoms with Crippen LogP contribution in [0.15, 0.2) is 0 Å². The predicted molar refractivity (Wildman–Crippen MR) is 42.8 cm³/mol. The molecule has 0 saturated carbocycles. The molecule has 0 amide bonds. The highest BCUT2D eigenvalue weighted by atomic mass is 16.5. The van der Waals surface area contributed by atoms with E-state index in [1.807, 2.05) is 0 Å². The Balaban J connectivity index is 2.57. The summed E-state index contributed by atoms with van der Waals surface area (Å²) in [7, 11) is 1.70. The highest BCUT2D eigenvalue weighted by molar-refractivity contribution is 4.55. The van der Waals surface area contributed by atoms with E-state index in [1.54, 1.807) is 7.11 Å². The smallest absolute Gasteiger partial charge is 0.192 e. The quantitative estimate of drug-likeness (QED) is 0.611. The molecule has 1 rings (SSSR count). The van der Waals surface area contributed by atoms with Crippen molar-refractivity contribution in [2.45, 2.75) is 26.0 Å². The van der Waals surface area contributed by atoms with Crippen molar-refractivity contribution in [2.24, 2.45) is 0 Å². The van der Waals surface area contributed by atoms with Crippen LogP contribution in [0.4, 0.5) is 0 Å². The maximum atomic E-state index is 9.66. The molecule has 0 radical (unpaired) electrons. The summed E-state index contributed by atoms with van der Waals surface area (Å²) >= 11 is 0. The Morgan fingerprint density at radius 2 is 2.36 bits per heavy atom. The number of quaternary nitrogens is 1. The summed E-state index contributed by atoms with van der Waals surface area (Å²) in [5, 5.41) is 9.66. The van der Waals surface area contributed by atoms with Crippen molar-refractivity contribution in [2.75, 3.05) is 26.9 Å². The molecule has 3 heteroatoms. The van der Waals surface area contributed by atoms with Crippen LogP contribution in [0.5, 0.6) is 0 Å². The van der Waals surface area contributed by atoms with Gasteiger partial charge in [0.25, 0.3) is 0 Å². The fraction of sp³-hybridized carbons (Fsp3) is 1.00. The number of aliphatic hydroxyl groups is 1. The maximum absolute atomic E-state index is 9.66. The van der Waals surface area contributed by atoms with Crippen LogP contribution in [0, 0.1) is 0 Å².